The molecule has 148 valence electrons. The Labute approximate surface area is 171 Å². The van der Waals surface area contributed by atoms with Crippen molar-refractivity contribution in [2.45, 2.75) is 33.7 Å². The third-order valence-corrected chi connectivity index (χ3v) is 5.56. The Balaban J connectivity index is 1.56. The monoisotopic (exact) mass is 386 g/mol. The van der Waals surface area contributed by atoms with Crippen molar-refractivity contribution in [3.63, 3.8) is 0 Å². The molecule has 1 amide bonds. The molecule has 0 saturated carbocycles. The number of benzene rings is 2. The van der Waals surface area contributed by atoms with Crippen molar-refractivity contribution in [1.29, 1.82) is 0 Å². The van der Waals surface area contributed by atoms with E-state index >= 15 is 0 Å². The SMILES string of the molecule is Cc1cccc(Cn2c(C)c(C)c3cc(C(=O)NCCc4ccco4)ccc32)c1. The highest BCUT2D eigenvalue weighted by Gasteiger charge is 2.14. The molecule has 4 rings (SSSR count). The van der Waals surface area contributed by atoms with Crippen LogP contribution < -0.4 is 5.32 Å². The predicted molar refractivity (Wildman–Crippen MR) is 116 cm³/mol. The summed E-state index contributed by atoms with van der Waals surface area (Å²) in [6.45, 7) is 7.77. The van der Waals surface area contributed by atoms with Gasteiger partial charge >= 0.3 is 0 Å². The number of nitrogens with one attached hydrogen (secondary N) is 1. The molecule has 0 bridgehead atoms. The molecule has 2 aromatic heterocycles. The van der Waals surface area contributed by atoms with Gasteiger partial charge in [-0.05, 0) is 62.2 Å². The number of hydrogen-bond acceptors (Lipinski definition) is 2. The van der Waals surface area contributed by atoms with Crippen molar-refractivity contribution >= 4 is 16.8 Å². The Bertz CT molecular complexity index is 1150. The summed E-state index contributed by atoms with van der Waals surface area (Å²) in [7, 11) is 0. The number of aromatic nitrogens is 1. The number of carbonyl (C=O) groups excluding carboxylic acids is 1. The van der Waals surface area contributed by atoms with Crippen molar-refractivity contribution < 1.29 is 9.21 Å². The number of rotatable bonds is 6. The van der Waals surface area contributed by atoms with Gasteiger partial charge in [-0.15, -0.1) is 0 Å². The molecular formula is C25H26N2O2. The molecule has 0 fully saturated rings. The molecule has 29 heavy (non-hydrogen) atoms. The average Bonchev–Trinajstić information content (AvgIpc) is 3.31. The van der Waals surface area contributed by atoms with Crippen LogP contribution in [-0.2, 0) is 13.0 Å². The van der Waals surface area contributed by atoms with E-state index in [9.17, 15) is 4.79 Å². The summed E-state index contributed by atoms with van der Waals surface area (Å²) < 4.78 is 7.64. The van der Waals surface area contributed by atoms with Crippen LogP contribution in [-0.4, -0.2) is 17.0 Å². The molecule has 2 aromatic carbocycles. The van der Waals surface area contributed by atoms with Gasteiger partial charge in [-0.2, -0.15) is 0 Å². The van der Waals surface area contributed by atoms with Crippen LogP contribution in [0.1, 0.15) is 38.5 Å². The number of amides is 1. The summed E-state index contributed by atoms with van der Waals surface area (Å²) in [6, 6.07) is 18.4. The van der Waals surface area contributed by atoms with Crippen LogP contribution in [0.3, 0.4) is 0 Å². The van der Waals surface area contributed by atoms with Crippen LogP contribution in [0.5, 0.6) is 0 Å². The van der Waals surface area contributed by atoms with Gasteiger partial charge in [0, 0.05) is 41.7 Å². The average molecular weight is 386 g/mol. The van der Waals surface area contributed by atoms with E-state index in [-0.39, 0.29) is 5.91 Å². The van der Waals surface area contributed by atoms with Crippen molar-refractivity contribution in [2.75, 3.05) is 6.54 Å². The van der Waals surface area contributed by atoms with Crippen molar-refractivity contribution in [3.05, 3.63) is 94.6 Å². The Kier molecular flexibility index (Phi) is 5.26. The normalized spacial score (nSPS) is 11.1. The van der Waals surface area contributed by atoms with Crippen LogP contribution in [0.15, 0.2) is 65.3 Å². The van der Waals surface area contributed by atoms with E-state index in [1.54, 1.807) is 6.26 Å². The lowest BCUT2D eigenvalue weighted by Gasteiger charge is -2.10. The van der Waals surface area contributed by atoms with E-state index in [0.29, 0.717) is 18.5 Å². The Morgan fingerprint density at radius 2 is 1.90 bits per heavy atom. The summed E-state index contributed by atoms with van der Waals surface area (Å²) in [5.74, 6) is 0.822. The van der Waals surface area contributed by atoms with Crippen LogP contribution >= 0.6 is 0 Å². The lowest BCUT2D eigenvalue weighted by molar-refractivity contribution is 0.0954. The van der Waals surface area contributed by atoms with Gasteiger partial charge in [0.05, 0.1) is 6.26 Å². The maximum atomic E-state index is 12.6. The fourth-order valence-electron chi connectivity index (χ4n) is 3.84. The second-order valence-electron chi connectivity index (χ2n) is 7.60. The largest absolute Gasteiger partial charge is 0.469 e. The minimum atomic E-state index is -0.0538. The summed E-state index contributed by atoms with van der Waals surface area (Å²) in [6.07, 6.45) is 2.34. The minimum absolute atomic E-state index is 0.0538. The van der Waals surface area contributed by atoms with Gasteiger partial charge in [-0.25, -0.2) is 0 Å². The fourth-order valence-corrected chi connectivity index (χ4v) is 3.84. The number of nitrogens with zero attached hydrogens (tertiary/aromatic N) is 1. The third-order valence-electron chi connectivity index (χ3n) is 5.56. The zero-order chi connectivity index (χ0) is 20.4. The van der Waals surface area contributed by atoms with E-state index in [1.807, 2.05) is 24.3 Å². The molecule has 0 aliphatic heterocycles. The molecular weight excluding hydrogens is 360 g/mol. The third kappa shape index (κ3) is 3.97. The standard InChI is InChI=1S/C25H26N2O2/c1-17-6-4-7-20(14-17)16-27-19(3)18(2)23-15-21(9-10-24(23)27)25(28)26-12-11-22-8-5-13-29-22/h4-10,13-15H,11-12,16H2,1-3H3,(H,26,28). The Morgan fingerprint density at radius 3 is 2.66 bits per heavy atom. The summed E-state index contributed by atoms with van der Waals surface area (Å²) >= 11 is 0. The molecule has 0 radical (unpaired) electrons. The zero-order valence-electron chi connectivity index (χ0n) is 17.2. The maximum Gasteiger partial charge on any atom is 0.251 e. The Morgan fingerprint density at radius 1 is 1.03 bits per heavy atom. The lowest BCUT2D eigenvalue weighted by Crippen LogP contribution is -2.25. The van der Waals surface area contributed by atoms with E-state index in [4.69, 9.17) is 4.42 Å². The van der Waals surface area contributed by atoms with Crippen LogP contribution in [0, 0.1) is 20.8 Å². The highest BCUT2D eigenvalue weighted by molar-refractivity contribution is 5.99. The predicted octanol–water partition coefficient (Wildman–Crippen LogP) is 5.18. The van der Waals surface area contributed by atoms with Crippen LogP contribution in [0.2, 0.25) is 0 Å². The Hall–Kier alpha value is -3.27. The van der Waals surface area contributed by atoms with E-state index in [0.717, 1.165) is 23.2 Å². The van der Waals surface area contributed by atoms with Crippen LogP contribution in [0.25, 0.3) is 10.9 Å². The maximum absolute atomic E-state index is 12.6. The summed E-state index contributed by atoms with van der Waals surface area (Å²) in [5, 5.41) is 4.12. The first kappa shape index (κ1) is 19.1. The number of hydrogen-bond donors (Lipinski definition) is 1. The minimum Gasteiger partial charge on any atom is -0.469 e. The van der Waals surface area contributed by atoms with Crippen LogP contribution in [0.4, 0.5) is 0 Å². The van der Waals surface area contributed by atoms with E-state index in [2.05, 4.69) is 61.0 Å². The molecule has 1 N–H and O–H groups in total. The van der Waals surface area contributed by atoms with Gasteiger partial charge in [0.15, 0.2) is 0 Å². The molecule has 0 aliphatic carbocycles. The molecule has 0 aliphatic rings. The number of aryl methyl sites for hydroxylation is 2. The van der Waals surface area contributed by atoms with Gasteiger partial charge in [-0.3, -0.25) is 4.79 Å². The second kappa shape index (κ2) is 8.00. The molecule has 4 heteroatoms. The quantitative estimate of drug-likeness (QED) is 0.496. The lowest BCUT2D eigenvalue weighted by atomic mass is 10.1. The van der Waals surface area contributed by atoms with Gasteiger partial charge < -0.3 is 14.3 Å². The van der Waals surface area contributed by atoms with Gasteiger partial charge in [0.2, 0.25) is 0 Å². The molecule has 0 atom stereocenters. The first-order valence-electron chi connectivity index (χ1n) is 9.98. The molecule has 4 nitrogen and oxygen atoms in total. The van der Waals surface area contributed by atoms with Crippen molar-refractivity contribution in [3.8, 4) is 0 Å². The number of fused-ring (bicyclic) bond motifs is 1. The first-order chi connectivity index (χ1) is 14.0. The molecule has 0 spiro atoms. The van der Waals surface area contributed by atoms with E-state index < -0.39 is 0 Å². The molecule has 0 saturated heterocycles. The van der Waals surface area contributed by atoms with Gasteiger partial charge in [-0.1, -0.05) is 29.8 Å². The molecule has 4 aromatic rings. The van der Waals surface area contributed by atoms with Gasteiger partial charge in [0.1, 0.15) is 5.76 Å². The van der Waals surface area contributed by atoms with Gasteiger partial charge in [0.25, 0.3) is 5.91 Å². The van der Waals surface area contributed by atoms with Crippen molar-refractivity contribution in [1.82, 2.24) is 9.88 Å². The highest BCUT2D eigenvalue weighted by Crippen LogP contribution is 2.27. The zero-order valence-corrected chi connectivity index (χ0v) is 17.2. The topological polar surface area (TPSA) is 47.2 Å². The second-order valence-corrected chi connectivity index (χ2v) is 7.60. The molecule has 0 unspecified atom stereocenters. The number of furan rings is 1. The van der Waals surface area contributed by atoms with E-state index in [1.165, 1.54) is 22.4 Å². The van der Waals surface area contributed by atoms with Crippen molar-refractivity contribution in [2.24, 2.45) is 0 Å². The smallest absolute Gasteiger partial charge is 0.251 e. The summed E-state index contributed by atoms with van der Waals surface area (Å²) in [4.78, 5) is 12.6. The number of carbonyl (C=O) groups is 1. The summed E-state index contributed by atoms with van der Waals surface area (Å²) in [5.41, 5.74) is 6.85. The first-order valence-corrected chi connectivity index (χ1v) is 9.98. The molecule has 2 heterocycles. The fraction of sp³-hybridized carbons (Fsp3) is 0.240. The highest BCUT2D eigenvalue weighted by atomic mass is 16.3.